The molecule has 0 spiro atoms. The van der Waals surface area contributed by atoms with Crippen molar-refractivity contribution in [3.05, 3.63) is 24.4 Å². The van der Waals surface area contributed by atoms with E-state index in [0.717, 1.165) is 49.0 Å². The molecule has 6 unspecified atom stereocenters. The van der Waals surface area contributed by atoms with E-state index in [9.17, 15) is 4.79 Å². The second-order valence-electron chi connectivity index (χ2n) is 11.1. The summed E-state index contributed by atoms with van der Waals surface area (Å²) in [4.78, 5) is 14.3. The van der Waals surface area contributed by atoms with Crippen molar-refractivity contribution in [3.8, 4) is 0 Å². The van der Waals surface area contributed by atoms with E-state index in [1.165, 1.54) is 44.2 Å². The Balaban J connectivity index is 1.47. The van der Waals surface area contributed by atoms with Crippen LogP contribution in [0.25, 0.3) is 0 Å². The van der Waals surface area contributed by atoms with Crippen molar-refractivity contribution in [2.75, 3.05) is 7.05 Å². The van der Waals surface area contributed by atoms with Crippen LogP contribution in [0, 0.1) is 34.5 Å². The number of hydrogen-bond acceptors (Lipinski definition) is 2. The molecule has 3 nitrogen and oxygen atoms in total. The molecule has 7 atom stereocenters. The number of likely N-dealkylation sites (tertiary alicyclic amines) is 1. The Kier molecular flexibility index (Phi) is 4.36. The van der Waals surface area contributed by atoms with E-state index in [2.05, 4.69) is 37.9 Å². The van der Waals surface area contributed by atoms with Crippen LogP contribution in [0.3, 0.4) is 0 Å². The molecule has 1 N–H and O–H groups in total. The summed E-state index contributed by atoms with van der Waals surface area (Å²) in [7, 11) is 2.00. The molecule has 0 aromatic heterocycles. The summed E-state index contributed by atoms with van der Waals surface area (Å²) in [5.74, 6) is 3.40. The summed E-state index contributed by atoms with van der Waals surface area (Å²) < 4.78 is 0. The largest absolute Gasteiger partial charge is 0.319 e. The van der Waals surface area contributed by atoms with E-state index in [1.807, 2.05) is 11.9 Å². The molecule has 5 aliphatic rings. The minimum Gasteiger partial charge on any atom is -0.319 e. The number of allylic oxidation sites excluding steroid dienone is 3. The maximum absolute atomic E-state index is 12.3. The first kappa shape index (κ1) is 18.9. The highest BCUT2D eigenvalue weighted by Crippen LogP contribution is 2.65. The number of nitrogens with one attached hydrogen (secondary N) is 1. The van der Waals surface area contributed by atoms with Crippen molar-refractivity contribution >= 4 is 5.91 Å². The van der Waals surface area contributed by atoms with E-state index < -0.39 is 0 Å². The lowest BCUT2D eigenvalue weighted by Gasteiger charge is -2.58. The Hall–Kier alpha value is -1.09. The maximum Gasteiger partial charge on any atom is 0.226 e. The SMILES string of the molecule is C=CC[C@H]1CC2C3CC=C4N(C)C(=O)CCC4(C)C3CCC2(C)C1NC1CC1. The van der Waals surface area contributed by atoms with Crippen LogP contribution in [0.15, 0.2) is 24.4 Å². The first-order chi connectivity index (χ1) is 13.4. The standard InChI is InChI=1S/C25H38N2O/c1-5-6-16-15-20-18-9-10-21-24(2,14-12-22(28)27(21)4)19(18)11-13-25(20,3)23(16)26-17-7-8-17/h5,10,16-20,23,26H,1,6-9,11-15H2,2-4H3/t16-,18?,19?,20?,23?,24?,25?/m0/s1. The van der Waals surface area contributed by atoms with E-state index >= 15 is 0 Å². The summed E-state index contributed by atoms with van der Waals surface area (Å²) in [5, 5.41) is 4.09. The lowest BCUT2D eigenvalue weighted by molar-refractivity contribution is -0.135. The molecule has 154 valence electrons. The van der Waals surface area contributed by atoms with Crippen LogP contribution in [0.4, 0.5) is 0 Å². The summed E-state index contributed by atoms with van der Waals surface area (Å²) in [6, 6.07) is 1.44. The molecule has 0 radical (unpaired) electrons. The summed E-state index contributed by atoms with van der Waals surface area (Å²) in [5.41, 5.74) is 1.96. The molecule has 3 saturated carbocycles. The van der Waals surface area contributed by atoms with E-state index in [1.54, 1.807) is 0 Å². The molecule has 1 amide bonds. The van der Waals surface area contributed by atoms with Crippen LogP contribution < -0.4 is 5.32 Å². The van der Waals surface area contributed by atoms with Gasteiger partial charge in [0.1, 0.15) is 0 Å². The number of rotatable bonds is 4. The number of carbonyl (C=O) groups is 1. The van der Waals surface area contributed by atoms with Gasteiger partial charge in [0.2, 0.25) is 5.91 Å². The van der Waals surface area contributed by atoms with Crippen molar-refractivity contribution < 1.29 is 4.79 Å². The molecule has 28 heavy (non-hydrogen) atoms. The van der Waals surface area contributed by atoms with Gasteiger partial charge in [-0.15, -0.1) is 6.58 Å². The molecule has 3 heteroatoms. The maximum atomic E-state index is 12.3. The number of hydrogen-bond donors (Lipinski definition) is 1. The fraction of sp³-hybridized carbons (Fsp3) is 0.800. The molecule has 1 heterocycles. The molecule has 1 saturated heterocycles. The highest BCUT2D eigenvalue weighted by molar-refractivity contribution is 5.79. The van der Waals surface area contributed by atoms with Crippen LogP contribution in [0.2, 0.25) is 0 Å². The minimum atomic E-state index is 0.197. The Labute approximate surface area is 171 Å². The number of nitrogens with zero attached hydrogens (tertiary/aromatic N) is 1. The van der Waals surface area contributed by atoms with Crippen LogP contribution in [-0.4, -0.2) is 29.9 Å². The second-order valence-corrected chi connectivity index (χ2v) is 11.1. The molecule has 5 rings (SSSR count). The van der Waals surface area contributed by atoms with Gasteiger partial charge in [-0.2, -0.15) is 0 Å². The van der Waals surface area contributed by atoms with Gasteiger partial charge in [0, 0.05) is 36.7 Å². The first-order valence-corrected chi connectivity index (χ1v) is 11.7. The minimum absolute atomic E-state index is 0.197. The normalized spacial score (nSPS) is 47.8. The average molecular weight is 383 g/mol. The zero-order valence-corrected chi connectivity index (χ0v) is 18.0. The average Bonchev–Trinajstić information content (AvgIpc) is 3.44. The molecule has 0 aromatic carbocycles. The topological polar surface area (TPSA) is 32.3 Å². The van der Waals surface area contributed by atoms with E-state index in [4.69, 9.17) is 0 Å². The molecule has 4 fully saturated rings. The molecule has 0 aromatic rings. The predicted octanol–water partition coefficient (Wildman–Crippen LogP) is 4.90. The van der Waals surface area contributed by atoms with Crippen molar-refractivity contribution in [3.63, 3.8) is 0 Å². The number of amides is 1. The van der Waals surface area contributed by atoms with Crippen LogP contribution in [-0.2, 0) is 4.79 Å². The van der Waals surface area contributed by atoms with Gasteiger partial charge in [0.25, 0.3) is 0 Å². The Morgan fingerprint density at radius 1 is 1.25 bits per heavy atom. The predicted molar refractivity (Wildman–Crippen MR) is 113 cm³/mol. The van der Waals surface area contributed by atoms with Gasteiger partial charge in [0.15, 0.2) is 0 Å². The summed E-state index contributed by atoms with van der Waals surface area (Å²) >= 11 is 0. The first-order valence-electron chi connectivity index (χ1n) is 11.7. The van der Waals surface area contributed by atoms with Gasteiger partial charge in [-0.1, -0.05) is 26.0 Å². The van der Waals surface area contributed by atoms with Gasteiger partial charge in [-0.25, -0.2) is 0 Å². The van der Waals surface area contributed by atoms with E-state index in [-0.39, 0.29) is 5.41 Å². The Morgan fingerprint density at radius 3 is 2.75 bits per heavy atom. The molecular formula is C25H38N2O. The third kappa shape index (κ3) is 2.61. The van der Waals surface area contributed by atoms with Crippen molar-refractivity contribution in [1.82, 2.24) is 10.2 Å². The van der Waals surface area contributed by atoms with Crippen LogP contribution in [0.1, 0.15) is 71.6 Å². The second kappa shape index (κ2) is 6.45. The number of piperidine rings is 1. The zero-order chi connectivity index (χ0) is 19.7. The van der Waals surface area contributed by atoms with Gasteiger partial charge in [-0.3, -0.25) is 4.79 Å². The Morgan fingerprint density at radius 2 is 2.04 bits per heavy atom. The van der Waals surface area contributed by atoms with Gasteiger partial charge in [-0.05, 0) is 80.5 Å². The highest BCUT2D eigenvalue weighted by Gasteiger charge is 2.61. The molecular weight excluding hydrogens is 344 g/mol. The van der Waals surface area contributed by atoms with Crippen molar-refractivity contribution in [2.24, 2.45) is 34.5 Å². The smallest absolute Gasteiger partial charge is 0.226 e. The molecule has 0 bridgehead atoms. The van der Waals surface area contributed by atoms with Gasteiger partial charge >= 0.3 is 0 Å². The van der Waals surface area contributed by atoms with Crippen LogP contribution in [0.5, 0.6) is 0 Å². The van der Waals surface area contributed by atoms with E-state index in [0.29, 0.717) is 17.4 Å². The quantitative estimate of drug-likeness (QED) is 0.702. The lowest BCUT2D eigenvalue weighted by Crippen LogP contribution is -2.55. The fourth-order valence-electron chi connectivity index (χ4n) is 8.04. The fourth-order valence-corrected chi connectivity index (χ4v) is 8.04. The summed E-state index contributed by atoms with van der Waals surface area (Å²) in [6.07, 6.45) is 15.5. The van der Waals surface area contributed by atoms with Gasteiger partial charge in [0.05, 0.1) is 0 Å². The third-order valence-corrected chi connectivity index (χ3v) is 9.66. The lowest BCUT2D eigenvalue weighted by atomic mass is 9.49. The van der Waals surface area contributed by atoms with Gasteiger partial charge < -0.3 is 10.2 Å². The zero-order valence-electron chi connectivity index (χ0n) is 18.0. The third-order valence-electron chi connectivity index (χ3n) is 9.66. The molecule has 4 aliphatic carbocycles. The van der Waals surface area contributed by atoms with Crippen molar-refractivity contribution in [1.29, 1.82) is 0 Å². The number of carbonyl (C=O) groups excluding carboxylic acids is 1. The summed E-state index contributed by atoms with van der Waals surface area (Å²) in [6.45, 7) is 9.16. The van der Waals surface area contributed by atoms with Crippen LogP contribution >= 0.6 is 0 Å². The molecule has 1 aliphatic heterocycles. The monoisotopic (exact) mass is 382 g/mol. The number of fused-ring (bicyclic) bond motifs is 5. The highest BCUT2D eigenvalue weighted by atomic mass is 16.2. The Bertz CT molecular complexity index is 709. The van der Waals surface area contributed by atoms with Crippen molar-refractivity contribution in [2.45, 2.75) is 83.7 Å².